The van der Waals surface area contributed by atoms with Crippen molar-refractivity contribution in [2.24, 2.45) is 7.05 Å². The van der Waals surface area contributed by atoms with Crippen LogP contribution >= 0.6 is 0 Å². The highest BCUT2D eigenvalue weighted by atomic mass is 16.5. The van der Waals surface area contributed by atoms with E-state index in [1.807, 2.05) is 20.9 Å². The second-order valence-corrected chi connectivity index (χ2v) is 2.73. The predicted molar refractivity (Wildman–Crippen MR) is 43.4 cm³/mol. The Labute approximate surface area is 66.0 Å². The smallest absolute Gasteiger partial charge is 0.256 e. The van der Waals surface area contributed by atoms with Gasteiger partial charge in [-0.25, -0.2) is 0 Å². The number of nitrogen functional groups attached to an aromatic ring is 1. The molecule has 0 atom stereocenters. The molecule has 4 nitrogen and oxygen atoms in total. The van der Waals surface area contributed by atoms with Gasteiger partial charge in [-0.2, -0.15) is 0 Å². The van der Waals surface area contributed by atoms with Gasteiger partial charge in [-0.1, -0.05) is 0 Å². The van der Waals surface area contributed by atoms with E-state index in [-0.39, 0.29) is 6.10 Å². The summed E-state index contributed by atoms with van der Waals surface area (Å²) in [6.07, 6.45) is 1.84. The Hall–Kier alpha value is -1.19. The molecule has 11 heavy (non-hydrogen) atoms. The summed E-state index contributed by atoms with van der Waals surface area (Å²) in [6, 6.07) is 0. The lowest BCUT2D eigenvalue weighted by atomic mass is 10.5. The molecule has 0 fully saturated rings. The minimum atomic E-state index is 0.118. The van der Waals surface area contributed by atoms with Crippen molar-refractivity contribution in [2.45, 2.75) is 20.0 Å². The molecule has 0 bridgehead atoms. The monoisotopic (exact) mass is 155 g/mol. The summed E-state index contributed by atoms with van der Waals surface area (Å²) in [6.45, 7) is 3.88. The molecule has 1 aromatic heterocycles. The Morgan fingerprint density at radius 1 is 1.64 bits per heavy atom. The van der Waals surface area contributed by atoms with Crippen LogP contribution in [0.15, 0.2) is 6.20 Å². The fraction of sp³-hybridized carbons (Fsp3) is 0.571. The van der Waals surface area contributed by atoms with Gasteiger partial charge < -0.3 is 10.5 Å². The molecule has 1 heterocycles. The maximum atomic E-state index is 5.58. The van der Waals surface area contributed by atoms with Crippen LogP contribution in [-0.2, 0) is 7.05 Å². The van der Waals surface area contributed by atoms with E-state index < -0.39 is 0 Å². The number of hydrogen-bond donors (Lipinski definition) is 1. The molecule has 2 N–H and O–H groups in total. The molecule has 0 aromatic carbocycles. The average Bonchev–Trinajstić information content (AvgIpc) is 2.09. The van der Waals surface area contributed by atoms with Crippen molar-refractivity contribution in [3.63, 3.8) is 0 Å². The van der Waals surface area contributed by atoms with Crippen LogP contribution in [0.3, 0.4) is 0 Å². The molecule has 0 aliphatic rings. The minimum absolute atomic E-state index is 0.118. The number of hydrogen-bond acceptors (Lipinski definition) is 3. The van der Waals surface area contributed by atoms with Crippen LogP contribution < -0.4 is 10.5 Å². The SMILES string of the molecule is CC(C)Oc1nn(C)cc1N. The molecule has 1 rings (SSSR count). The van der Waals surface area contributed by atoms with Crippen LogP contribution in [0.2, 0.25) is 0 Å². The van der Waals surface area contributed by atoms with Gasteiger partial charge in [0.1, 0.15) is 5.69 Å². The molecule has 0 radical (unpaired) electrons. The van der Waals surface area contributed by atoms with Gasteiger partial charge in [-0.15, -0.1) is 5.10 Å². The standard InChI is InChI=1S/C7H13N3O/c1-5(2)11-7-6(8)4-10(3)9-7/h4-5H,8H2,1-3H3. The number of ether oxygens (including phenoxy) is 1. The molecule has 0 aliphatic heterocycles. The first-order chi connectivity index (χ1) is 5.09. The fourth-order valence-electron chi connectivity index (χ4n) is 0.801. The summed E-state index contributed by atoms with van der Waals surface area (Å²) in [5.74, 6) is 0.516. The van der Waals surface area contributed by atoms with Crippen LogP contribution in [0, 0.1) is 0 Å². The van der Waals surface area contributed by atoms with Gasteiger partial charge in [0.2, 0.25) is 0 Å². The van der Waals surface area contributed by atoms with Crippen LogP contribution in [0.4, 0.5) is 5.69 Å². The lowest BCUT2D eigenvalue weighted by molar-refractivity contribution is 0.232. The molecule has 0 amide bonds. The van der Waals surface area contributed by atoms with Crippen LogP contribution in [0.5, 0.6) is 5.88 Å². The van der Waals surface area contributed by atoms with Gasteiger partial charge in [0.25, 0.3) is 5.88 Å². The topological polar surface area (TPSA) is 53.1 Å². The first-order valence-electron chi connectivity index (χ1n) is 3.55. The maximum Gasteiger partial charge on any atom is 0.256 e. The summed E-state index contributed by atoms with van der Waals surface area (Å²) < 4.78 is 6.94. The van der Waals surface area contributed by atoms with E-state index in [0.717, 1.165) is 0 Å². The van der Waals surface area contributed by atoms with Crippen molar-refractivity contribution in [1.82, 2.24) is 9.78 Å². The van der Waals surface area contributed by atoms with Crippen molar-refractivity contribution in [2.75, 3.05) is 5.73 Å². The number of nitrogens with zero attached hydrogens (tertiary/aromatic N) is 2. The summed E-state index contributed by atoms with van der Waals surface area (Å²) in [7, 11) is 1.81. The maximum absolute atomic E-state index is 5.58. The molecule has 0 saturated heterocycles. The van der Waals surface area contributed by atoms with Crippen LogP contribution in [-0.4, -0.2) is 15.9 Å². The highest BCUT2D eigenvalue weighted by Gasteiger charge is 2.05. The average molecular weight is 155 g/mol. The van der Waals surface area contributed by atoms with E-state index in [1.54, 1.807) is 10.9 Å². The summed E-state index contributed by atoms with van der Waals surface area (Å²) >= 11 is 0. The molecular formula is C7H13N3O. The molecule has 0 spiro atoms. The number of aryl methyl sites for hydroxylation is 1. The van der Waals surface area contributed by atoms with Crippen molar-refractivity contribution < 1.29 is 4.74 Å². The van der Waals surface area contributed by atoms with Crippen LogP contribution in [0.1, 0.15) is 13.8 Å². The van der Waals surface area contributed by atoms with E-state index in [4.69, 9.17) is 10.5 Å². The molecular weight excluding hydrogens is 142 g/mol. The van der Waals surface area contributed by atoms with Gasteiger partial charge in [0, 0.05) is 7.05 Å². The summed E-state index contributed by atoms with van der Waals surface area (Å²) in [4.78, 5) is 0. The summed E-state index contributed by atoms with van der Waals surface area (Å²) in [5, 5.41) is 4.02. The van der Waals surface area contributed by atoms with Gasteiger partial charge in [-0.05, 0) is 13.8 Å². The number of nitrogens with two attached hydrogens (primary N) is 1. The third-order valence-electron chi connectivity index (χ3n) is 1.17. The van der Waals surface area contributed by atoms with E-state index in [9.17, 15) is 0 Å². The van der Waals surface area contributed by atoms with E-state index in [1.165, 1.54) is 0 Å². The predicted octanol–water partition coefficient (Wildman–Crippen LogP) is 0.789. The largest absolute Gasteiger partial charge is 0.472 e. The quantitative estimate of drug-likeness (QED) is 0.687. The molecule has 4 heteroatoms. The molecule has 0 unspecified atom stereocenters. The Morgan fingerprint density at radius 2 is 2.27 bits per heavy atom. The minimum Gasteiger partial charge on any atom is -0.472 e. The lowest BCUT2D eigenvalue weighted by Crippen LogP contribution is -2.07. The number of aromatic nitrogens is 2. The van der Waals surface area contributed by atoms with E-state index in [0.29, 0.717) is 11.6 Å². The van der Waals surface area contributed by atoms with Crippen LogP contribution in [0.25, 0.3) is 0 Å². The summed E-state index contributed by atoms with van der Waals surface area (Å²) in [5.41, 5.74) is 6.17. The van der Waals surface area contributed by atoms with Gasteiger partial charge in [0.15, 0.2) is 0 Å². The Kier molecular flexibility index (Phi) is 2.03. The van der Waals surface area contributed by atoms with Crippen molar-refractivity contribution in [1.29, 1.82) is 0 Å². The molecule has 0 aliphatic carbocycles. The first kappa shape index (κ1) is 7.91. The van der Waals surface area contributed by atoms with E-state index in [2.05, 4.69) is 5.10 Å². The number of rotatable bonds is 2. The van der Waals surface area contributed by atoms with Crippen molar-refractivity contribution in [3.8, 4) is 5.88 Å². The zero-order chi connectivity index (χ0) is 8.43. The molecule has 0 saturated carbocycles. The lowest BCUT2D eigenvalue weighted by Gasteiger charge is -2.05. The second-order valence-electron chi connectivity index (χ2n) is 2.73. The normalized spacial score (nSPS) is 10.5. The fourth-order valence-corrected chi connectivity index (χ4v) is 0.801. The Bertz CT molecular complexity index is 242. The van der Waals surface area contributed by atoms with Crippen molar-refractivity contribution in [3.05, 3.63) is 6.20 Å². The zero-order valence-corrected chi connectivity index (χ0v) is 7.03. The molecule has 1 aromatic rings. The van der Waals surface area contributed by atoms with Gasteiger partial charge in [0.05, 0.1) is 12.3 Å². The molecule has 62 valence electrons. The zero-order valence-electron chi connectivity index (χ0n) is 7.03. The first-order valence-corrected chi connectivity index (χ1v) is 3.55. The van der Waals surface area contributed by atoms with E-state index >= 15 is 0 Å². The third-order valence-corrected chi connectivity index (χ3v) is 1.17. The Balaban J connectivity index is 2.77. The number of anilines is 1. The highest BCUT2D eigenvalue weighted by molar-refractivity contribution is 5.45. The highest BCUT2D eigenvalue weighted by Crippen LogP contribution is 2.18. The van der Waals surface area contributed by atoms with Crippen molar-refractivity contribution >= 4 is 5.69 Å². The second kappa shape index (κ2) is 2.82. The Morgan fingerprint density at radius 3 is 2.64 bits per heavy atom. The van der Waals surface area contributed by atoms with Gasteiger partial charge in [-0.3, -0.25) is 4.68 Å². The van der Waals surface area contributed by atoms with Gasteiger partial charge >= 0.3 is 0 Å². The third kappa shape index (κ3) is 1.86.